The molecule has 1 rings (SSSR count). The number of esters is 1. The summed E-state index contributed by atoms with van der Waals surface area (Å²) in [5.41, 5.74) is 0. The van der Waals surface area contributed by atoms with Gasteiger partial charge in [-0.05, 0) is 0 Å². The Morgan fingerprint density at radius 1 is 1.31 bits per heavy atom. The monoisotopic (exact) mass is 187 g/mol. The number of carboxylic acid groups (broad SMARTS) is 1. The third-order valence-electron chi connectivity index (χ3n) is 1.87. The van der Waals surface area contributed by atoms with E-state index in [1.54, 1.807) is 0 Å². The summed E-state index contributed by atoms with van der Waals surface area (Å²) in [7, 11) is 1.15. The van der Waals surface area contributed by atoms with Crippen LogP contribution in [0.25, 0.3) is 0 Å². The van der Waals surface area contributed by atoms with Crippen LogP contribution in [0.15, 0.2) is 0 Å². The SMILES string of the molecule is COC(=O)[C@@H]1[C@@H](C(=O)O)N1C(C)=O. The van der Waals surface area contributed by atoms with Gasteiger partial charge < -0.3 is 14.7 Å². The molecule has 1 N–H and O–H groups in total. The molecule has 0 aliphatic carbocycles. The third-order valence-corrected chi connectivity index (χ3v) is 1.87. The van der Waals surface area contributed by atoms with E-state index in [1.807, 2.05) is 0 Å². The van der Waals surface area contributed by atoms with Gasteiger partial charge in [0.2, 0.25) is 5.91 Å². The van der Waals surface area contributed by atoms with Gasteiger partial charge in [0.05, 0.1) is 7.11 Å². The summed E-state index contributed by atoms with van der Waals surface area (Å²) in [6.45, 7) is 1.21. The van der Waals surface area contributed by atoms with Crippen molar-refractivity contribution in [3.8, 4) is 0 Å². The maximum absolute atomic E-state index is 10.9. The molecule has 0 radical (unpaired) electrons. The summed E-state index contributed by atoms with van der Waals surface area (Å²) < 4.78 is 4.34. The molecular formula is C7H9NO5. The molecule has 13 heavy (non-hydrogen) atoms. The van der Waals surface area contributed by atoms with Crippen molar-refractivity contribution in [2.45, 2.75) is 19.0 Å². The van der Waals surface area contributed by atoms with Crippen molar-refractivity contribution >= 4 is 17.8 Å². The Balaban J connectivity index is 2.73. The summed E-state index contributed by atoms with van der Waals surface area (Å²) >= 11 is 0. The van der Waals surface area contributed by atoms with Crippen molar-refractivity contribution in [3.63, 3.8) is 0 Å². The smallest absolute Gasteiger partial charge is 0.331 e. The fourth-order valence-corrected chi connectivity index (χ4v) is 1.24. The van der Waals surface area contributed by atoms with Gasteiger partial charge in [0.1, 0.15) is 0 Å². The minimum absolute atomic E-state index is 0.442. The van der Waals surface area contributed by atoms with Crippen LogP contribution in [0.4, 0.5) is 0 Å². The highest BCUT2D eigenvalue weighted by Crippen LogP contribution is 2.29. The zero-order valence-corrected chi connectivity index (χ0v) is 7.18. The van der Waals surface area contributed by atoms with E-state index in [9.17, 15) is 14.4 Å². The summed E-state index contributed by atoms with van der Waals surface area (Å²) in [4.78, 5) is 33.2. The van der Waals surface area contributed by atoms with Gasteiger partial charge in [-0.25, -0.2) is 9.59 Å². The number of methoxy groups -OCH3 is 1. The van der Waals surface area contributed by atoms with Crippen LogP contribution >= 0.6 is 0 Å². The Bertz CT molecular complexity index is 254. The fourth-order valence-electron chi connectivity index (χ4n) is 1.24. The van der Waals surface area contributed by atoms with Crippen LogP contribution < -0.4 is 0 Å². The Kier molecular flexibility index (Phi) is 2.22. The van der Waals surface area contributed by atoms with E-state index in [-0.39, 0.29) is 0 Å². The number of carbonyl (C=O) groups is 3. The number of ether oxygens (including phenoxy) is 1. The minimum Gasteiger partial charge on any atom is -0.480 e. The Labute approximate surface area is 74.1 Å². The quantitative estimate of drug-likeness (QED) is 0.435. The lowest BCUT2D eigenvalue weighted by molar-refractivity contribution is -0.143. The van der Waals surface area contributed by atoms with E-state index in [2.05, 4.69) is 4.74 Å². The molecule has 0 saturated carbocycles. The third kappa shape index (κ3) is 1.47. The van der Waals surface area contributed by atoms with Gasteiger partial charge >= 0.3 is 11.9 Å². The molecule has 0 unspecified atom stereocenters. The number of nitrogens with zero attached hydrogens (tertiary/aromatic N) is 1. The number of carboxylic acids is 1. The number of hydrogen-bond donors (Lipinski definition) is 1. The highest BCUT2D eigenvalue weighted by Gasteiger charge is 2.60. The first kappa shape index (κ1) is 9.50. The van der Waals surface area contributed by atoms with E-state index in [0.29, 0.717) is 0 Å². The summed E-state index contributed by atoms with van der Waals surface area (Å²) in [5, 5.41) is 8.59. The molecule has 0 bridgehead atoms. The van der Waals surface area contributed by atoms with Crippen molar-refractivity contribution in [2.75, 3.05) is 7.11 Å². The summed E-state index contributed by atoms with van der Waals surface area (Å²) in [6.07, 6.45) is 0. The van der Waals surface area contributed by atoms with Crippen molar-refractivity contribution in [2.24, 2.45) is 0 Å². The molecular weight excluding hydrogens is 178 g/mol. The minimum atomic E-state index is -1.19. The molecule has 2 atom stereocenters. The van der Waals surface area contributed by atoms with Gasteiger partial charge in [-0.3, -0.25) is 4.79 Å². The molecule has 1 amide bonds. The molecule has 0 aromatic rings. The molecule has 6 heteroatoms. The normalized spacial score (nSPS) is 25.2. The predicted octanol–water partition coefficient (Wildman–Crippen LogP) is -1.16. The summed E-state index contributed by atoms with van der Waals surface area (Å²) in [5.74, 6) is -2.32. The first-order valence-corrected chi connectivity index (χ1v) is 3.60. The lowest BCUT2D eigenvalue weighted by Gasteiger charge is -1.96. The molecule has 0 aromatic carbocycles. The molecule has 1 aliphatic heterocycles. The molecule has 1 heterocycles. The van der Waals surface area contributed by atoms with Crippen molar-refractivity contribution in [1.82, 2.24) is 4.90 Å². The molecule has 6 nitrogen and oxygen atoms in total. The molecule has 72 valence electrons. The first-order chi connectivity index (χ1) is 6.00. The topological polar surface area (TPSA) is 83.7 Å². The average Bonchev–Trinajstić information content (AvgIpc) is 2.77. The van der Waals surface area contributed by atoms with E-state index in [1.165, 1.54) is 6.92 Å². The van der Waals surface area contributed by atoms with E-state index >= 15 is 0 Å². The van der Waals surface area contributed by atoms with Crippen molar-refractivity contribution < 1.29 is 24.2 Å². The lowest BCUT2D eigenvalue weighted by atomic mass is 10.3. The second-order valence-corrected chi connectivity index (χ2v) is 2.68. The van der Waals surface area contributed by atoms with Gasteiger partial charge in [-0.2, -0.15) is 0 Å². The van der Waals surface area contributed by atoms with Gasteiger partial charge in [-0.1, -0.05) is 0 Å². The largest absolute Gasteiger partial charge is 0.480 e. The maximum atomic E-state index is 10.9. The van der Waals surface area contributed by atoms with Crippen LogP contribution in [0.5, 0.6) is 0 Å². The van der Waals surface area contributed by atoms with Crippen molar-refractivity contribution in [1.29, 1.82) is 0 Å². The first-order valence-electron chi connectivity index (χ1n) is 3.60. The number of amides is 1. The van der Waals surface area contributed by atoms with Crippen LogP contribution in [-0.2, 0) is 19.1 Å². The standard InChI is InChI=1S/C7H9NO5/c1-3(9)8-4(6(10)11)5(8)7(12)13-2/h4-5H,1-2H3,(H,10,11)/t4-,5-,8?/m0/s1. The fraction of sp³-hybridized carbons (Fsp3) is 0.571. The van der Waals surface area contributed by atoms with E-state index < -0.39 is 29.9 Å². The van der Waals surface area contributed by atoms with E-state index in [4.69, 9.17) is 5.11 Å². The highest BCUT2D eigenvalue weighted by atomic mass is 16.5. The van der Waals surface area contributed by atoms with Gasteiger partial charge in [0.25, 0.3) is 0 Å². The Hall–Kier alpha value is -1.59. The number of aliphatic carboxylic acids is 1. The number of rotatable bonds is 2. The van der Waals surface area contributed by atoms with Crippen LogP contribution in [-0.4, -0.2) is 47.0 Å². The molecule has 0 spiro atoms. The molecule has 1 saturated heterocycles. The van der Waals surface area contributed by atoms with Crippen LogP contribution in [0.3, 0.4) is 0 Å². The zero-order chi connectivity index (χ0) is 10.2. The number of hydrogen-bond acceptors (Lipinski definition) is 4. The van der Waals surface area contributed by atoms with Gasteiger partial charge in [-0.15, -0.1) is 0 Å². The predicted molar refractivity (Wildman–Crippen MR) is 39.7 cm³/mol. The highest BCUT2D eigenvalue weighted by molar-refractivity contribution is 5.99. The Morgan fingerprint density at radius 2 is 1.85 bits per heavy atom. The van der Waals surface area contributed by atoms with Crippen LogP contribution in [0, 0.1) is 0 Å². The molecule has 0 aromatic heterocycles. The second-order valence-electron chi connectivity index (χ2n) is 2.68. The van der Waals surface area contributed by atoms with Crippen molar-refractivity contribution in [3.05, 3.63) is 0 Å². The summed E-state index contributed by atoms with van der Waals surface area (Å²) in [6, 6.07) is -2.00. The van der Waals surface area contributed by atoms with Gasteiger partial charge in [0.15, 0.2) is 12.1 Å². The number of carbonyl (C=O) groups excluding carboxylic acids is 2. The zero-order valence-electron chi connectivity index (χ0n) is 7.18. The maximum Gasteiger partial charge on any atom is 0.331 e. The Morgan fingerprint density at radius 3 is 2.08 bits per heavy atom. The molecule has 1 aliphatic rings. The average molecular weight is 187 g/mol. The molecule has 1 fully saturated rings. The second kappa shape index (κ2) is 3.04. The van der Waals surface area contributed by atoms with Crippen LogP contribution in [0.2, 0.25) is 0 Å². The lowest BCUT2D eigenvalue weighted by Crippen LogP contribution is -2.17. The van der Waals surface area contributed by atoms with Gasteiger partial charge in [0, 0.05) is 6.92 Å². The van der Waals surface area contributed by atoms with Crippen LogP contribution in [0.1, 0.15) is 6.92 Å². The van der Waals surface area contributed by atoms with E-state index in [0.717, 1.165) is 12.0 Å².